The van der Waals surface area contributed by atoms with E-state index in [0.717, 1.165) is 25.7 Å². The van der Waals surface area contributed by atoms with Gasteiger partial charge < -0.3 is 29.5 Å². The van der Waals surface area contributed by atoms with E-state index >= 15 is 0 Å². The Labute approximate surface area is 279 Å². The number of hydrogen-bond donors (Lipinski definition) is 3. The van der Waals surface area contributed by atoms with Gasteiger partial charge in [0.1, 0.15) is 11.4 Å². The lowest BCUT2D eigenvalue weighted by Crippen LogP contribution is -2.35. The third-order valence-electron chi connectivity index (χ3n) is 8.35. The standard InChI is InChI=1S/C35H54N4O8/c1-27(2)14-15-33(30-11-7-13-32(37-30)35(43)44)39(16-20-40)19-22-46-25-24-45-21-17-38(18-23-47-29-9-4-3-5-10-29)26-28-8-6-12-31(36-28)34(41)42/h6-8,11-13,27,29,33,40H,3-5,9-10,14-26H2,1-2H3,(H,41,42)(H,43,44). The van der Waals surface area contributed by atoms with Crippen molar-refractivity contribution in [2.24, 2.45) is 5.92 Å². The Morgan fingerprint density at radius 3 is 2.11 bits per heavy atom. The monoisotopic (exact) mass is 658 g/mol. The van der Waals surface area contributed by atoms with Crippen molar-refractivity contribution in [3.8, 4) is 0 Å². The topological polar surface area (TPSA) is 155 Å². The molecule has 0 amide bonds. The number of carbonyl (C=O) groups is 2. The average molecular weight is 659 g/mol. The van der Waals surface area contributed by atoms with E-state index in [4.69, 9.17) is 14.2 Å². The zero-order valence-electron chi connectivity index (χ0n) is 28.1. The number of rotatable bonds is 24. The largest absolute Gasteiger partial charge is 0.477 e. The summed E-state index contributed by atoms with van der Waals surface area (Å²) in [4.78, 5) is 35.9. The van der Waals surface area contributed by atoms with Gasteiger partial charge in [-0.25, -0.2) is 19.6 Å². The fourth-order valence-electron chi connectivity index (χ4n) is 5.78. The van der Waals surface area contributed by atoms with E-state index < -0.39 is 11.9 Å². The van der Waals surface area contributed by atoms with E-state index in [9.17, 15) is 24.9 Å². The van der Waals surface area contributed by atoms with Crippen LogP contribution in [-0.4, -0.2) is 119 Å². The summed E-state index contributed by atoms with van der Waals surface area (Å²) in [6.45, 7) is 9.40. The van der Waals surface area contributed by atoms with Gasteiger partial charge in [-0.05, 0) is 55.9 Å². The first-order chi connectivity index (χ1) is 22.8. The van der Waals surface area contributed by atoms with Crippen LogP contribution >= 0.6 is 0 Å². The van der Waals surface area contributed by atoms with Gasteiger partial charge in [0, 0.05) is 32.7 Å². The first kappa shape index (κ1) is 38.4. The lowest BCUT2D eigenvalue weighted by Gasteiger charge is -2.31. The molecule has 0 aliphatic heterocycles. The van der Waals surface area contributed by atoms with Gasteiger partial charge in [-0.2, -0.15) is 0 Å². The third-order valence-corrected chi connectivity index (χ3v) is 8.35. The number of aliphatic hydroxyl groups excluding tert-OH is 1. The van der Waals surface area contributed by atoms with Gasteiger partial charge in [0.05, 0.1) is 63.2 Å². The van der Waals surface area contributed by atoms with Gasteiger partial charge in [-0.1, -0.05) is 45.2 Å². The molecule has 262 valence electrons. The summed E-state index contributed by atoms with van der Waals surface area (Å²) in [7, 11) is 0. The zero-order valence-corrected chi connectivity index (χ0v) is 28.1. The maximum atomic E-state index is 11.5. The fraction of sp³-hybridized carbons (Fsp3) is 0.657. The molecule has 0 spiro atoms. The van der Waals surface area contributed by atoms with Gasteiger partial charge in [0.25, 0.3) is 0 Å². The van der Waals surface area contributed by atoms with Crippen LogP contribution in [0, 0.1) is 5.92 Å². The van der Waals surface area contributed by atoms with Crippen molar-refractivity contribution < 1.29 is 39.1 Å². The second kappa shape index (κ2) is 21.8. The molecule has 2 heterocycles. The number of hydrogen-bond acceptors (Lipinski definition) is 10. The van der Waals surface area contributed by atoms with Crippen LogP contribution < -0.4 is 0 Å². The number of pyridine rings is 2. The molecule has 3 rings (SSSR count). The van der Waals surface area contributed by atoms with Crippen LogP contribution in [0.2, 0.25) is 0 Å². The maximum absolute atomic E-state index is 11.5. The predicted molar refractivity (Wildman–Crippen MR) is 178 cm³/mol. The van der Waals surface area contributed by atoms with Crippen molar-refractivity contribution >= 4 is 11.9 Å². The van der Waals surface area contributed by atoms with Crippen LogP contribution in [0.5, 0.6) is 0 Å². The van der Waals surface area contributed by atoms with E-state index in [1.54, 1.807) is 12.1 Å². The molecule has 0 bridgehead atoms. The SMILES string of the molecule is CC(C)CCC(c1cccc(C(=O)O)n1)N(CCO)CCOCCOCCN(CCOC1CCCCC1)Cc1cccc(C(=O)O)n1. The summed E-state index contributed by atoms with van der Waals surface area (Å²) in [5, 5.41) is 28.6. The highest BCUT2D eigenvalue weighted by Crippen LogP contribution is 2.26. The minimum absolute atomic E-state index is 0.00903. The quantitative estimate of drug-likeness (QED) is 0.136. The Bertz CT molecular complexity index is 1190. The Morgan fingerprint density at radius 2 is 1.45 bits per heavy atom. The Balaban J connectivity index is 1.45. The Morgan fingerprint density at radius 1 is 0.809 bits per heavy atom. The molecule has 2 aromatic heterocycles. The molecule has 1 aliphatic rings. The first-order valence-corrected chi connectivity index (χ1v) is 17.0. The molecule has 12 nitrogen and oxygen atoms in total. The molecule has 3 N–H and O–H groups in total. The van der Waals surface area contributed by atoms with E-state index in [1.165, 1.54) is 31.4 Å². The van der Waals surface area contributed by atoms with Gasteiger partial charge in [-0.3, -0.25) is 9.80 Å². The van der Waals surface area contributed by atoms with Gasteiger partial charge >= 0.3 is 11.9 Å². The molecule has 2 aromatic rings. The molecule has 1 fully saturated rings. The van der Waals surface area contributed by atoms with Gasteiger partial charge in [0.15, 0.2) is 0 Å². The van der Waals surface area contributed by atoms with Gasteiger partial charge in [-0.15, -0.1) is 0 Å². The Hall–Kier alpha value is -3.00. The number of carboxylic acids is 2. The molecule has 1 saturated carbocycles. The zero-order chi connectivity index (χ0) is 33.9. The summed E-state index contributed by atoms with van der Waals surface area (Å²) in [5.41, 5.74) is 1.41. The second-order valence-electron chi connectivity index (χ2n) is 12.5. The summed E-state index contributed by atoms with van der Waals surface area (Å²) in [6.07, 6.45) is 7.96. The van der Waals surface area contributed by atoms with Crippen molar-refractivity contribution in [3.05, 3.63) is 59.2 Å². The third kappa shape index (κ3) is 14.8. The van der Waals surface area contributed by atoms with Crippen molar-refractivity contribution in [2.75, 3.05) is 65.8 Å². The van der Waals surface area contributed by atoms with E-state index in [-0.39, 0.29) is 24.0 Å². The summed E-state index contributed by atoms with van der Waals surface area (Å²) >= 11 is 0. The maximum Gasteiger partial charge on any atom is 0.354 e. The van der Waals surface area contributed by atoms with Crippen LogP contribution in [0.25, 0.3) is 0 Å². The second-order valence-corrected chi connectivity index (χ2v) is 12.5. The lowest BCUT2D eigenvalue weighted by atomic mass is 9.98. The van der Waals surface area contributed by atoms with E-state index in [1.807, 2.05) is 12.1 Å². The number of aliphatic hydroxyl groups is 1. The van der Waals surface area contributed by atoms with Crippen LogP contribution in [0.3, 0.4) is 0 Å². The molecule has 1 atom stereocenters. The van der Waals surface area contributed by atoms with Crippen LogP contribution in [0.1, 0.15) is 97.2 Å². The Kier molecular flexibility index (Phi) is 17.8. The molecular weight excluding hydrogens is 604 g/mol. The molecule has 1 aliphatic carbocycles. The number of aromatic carboxylic acids is 2. The molecule has 0 saturated heterocycles. The first-order valence-electron chi connectivity index (χ1n) is 17.0. The number of carboxylic acid groups (broad SMARTS) is 2. The van der Waals surface area contributed by atoms with Crippen molar-refractivity contribution in [2.45, 2.75) is 77.5 Å². The average Bonchev–Trinajstić information content (AvgIpc) is 3.06. The van der Waals surface area contributed by atoms with Crippen LogP contribution in [-0.2, 0) is 20.8 Å². The molecule has 12 heteroatoms. The molecular formula is C35H54N4O8. The summed E-state index contributed by atoms with van der Waals surface area (Å²) in [5.74, 6) is -1.64. The van der Waals surface area contributed by atoms with E-state index in [2.05, 4.69) is 33.6 Å². The number of aromatic nitrogens is 2. The molecule has 1 unspecified atom stereocenters. The molecule has 47 heavy (non-hydrogen) atoms. The summed E-state index contributed by atoms with van der Waals surface area (Å²) in [6, 6.07) is 9.96. The van der Waals surface area contributed by atoms with Crippen molar-refractivity contribution in [3.63, 3.8) is 0 Å². The highest BCUT2D eigenvalue weighted by Gasteiger charge is 2.23. The smallest absolute Gasteiger partial charge is 0.354 e. The van der Waals surface area contributed by atoms with E-state index in [0.29, 0.717) is 89.2 Å². The van der Waals surface area contributed by atoms with Crippen LogP contribution in [0.15, 0.2) is 36.4 Å². The van der Waals surface area contributed by atoms with Crippen molar-refractivity contribution in [1.82, 2.24) is 19.8 Å². The number of ether oxygens (including phenoxy) is 3. The van der Waals surface area contributed by atoms with Crippen molar-refractivity contribution in [1.29, 1.82) is 0 Å². The van der Waals surface area contributed by atoms with Crippen LogP contribution in [0.4, 0.5) is 0 Å². The normalized spacial score (nSPS) is 14.7. The summed E-state index contributed by atoms with van der Waals surface area (Å²) < 4.78 is 17.9. The minimum atomic E-state index is -1.06. The molecule has 0 aromatic carbocycles. The predicted octanol–water partition coefficient (Wildman–Crippen LogP) is 4.53. The minimum Gasteiger partial charge on any atom is -0.477 e. The molecule has 0 radical (unpaired) electrons. The highest BCUT2D eigenvalue weighted by atomic mass is 16.5. The highest BCUT2D eigenvalue weighted by molar-refractivity contribution is 5.85. The fourth-order valence-corrected chi connectivity index (χ4v) is 5.78. The lowest BCUT2D eigenvalue weighted by molar-refractivity contribution is 0.00334. The van der Waals surface area contributed by atoms with Gasteiger partial charge in [0.2, 0.25) is 0 Å². The number of nitrogens with zero attached hydrogens (tertiary/aromatic N) is 4.